The lowest BCUT2D eigenvalue weighted by atomic mass is 9.92. The van der Waals surface area contributed by atoms with Gasteiger partial charge in [0, 0.05) is 17.8 Å². The predicted octanol–water partition coefficient (Wildman–Crippen LogP) is 4.32. The Bertz CT molecular complexity index is 789. The van der Waals surface area contributed by atoms with E-state index in [-0.39, 0.29) is 36.2 Å². The van der Waals surface area contributed by atoms with E-state index in [1.165, 1.54) is 0 Å². The van der Waals surface area contributed by atoms with Crippen molar-refractivity contribution in [1.82, 2.24) is 10.2 Å². The van der Waals surface area contributed by atoms with Gasteiger partial charge in [-0.2, -0.15) is 0 Å². The fourth-order valence-corrected chi connectivity index (χ4v) is 4.49. The largest absolute Gasteiger partial charge is 0.497 e. The summed E-state index contributed by atoms with van der Waals surface area (Å²) in [5.41, 5.74) is 0.978. The van der Waals surface area contributed by atoms with Crippen LogP contribution in [0.25, 0.3) is 0 Å². The van der Waals surface area contributed by atoms with E-state index in [2.05, 4.69) is 12.2 Å². The Morgan fingerprint density at radius 2 is 2.07 bits per heavy atom. The lowest BCUT2D eigenvalue weighted by Gasteiger charge is -2.29. The van der Waals surface area contributed by atoms with Crippen molar-refractivity contribution in [3.63, 3.8) is 0 Å². The van der Waals surface area contributed by atoms with Gasteiger partial charge in [0.1, 0.15) is 5.75 Å². The second-order valence-electron chi connectivity index (χ2n) is 7.21. The van der Waals surface area contributed by atoms with Crippen LogP contribution < -0.4 is 10.1 Å². The molecule has 28 heavy (non-hydrogen) atoms. The van der Waals surface area contributed by atoms with Gasteiger partial charge in [0.15, 0.2) is 0 Å². The fraction of sp³-hybridized carbons (Fsp3) is 0.455. The molecule has 2 aromatic rings. The average molecular weight is 401 g/mol. The van der Waals surface area contributed by atoms with Crippen LogP contribution in [0.15, 0.2) is 41.8 Å². The topological polar surface area (TPSA) is 58.6 Å². The molecule has 0 aliphatic carbocycles. The highest BCUT2D eigenvalue weighted by molar-refractivity contribution is 7.10. The zero-order valence-corrected chi connectivity index (χ0v) is 17.5. The summed E-state index contributed by atoms with van der Waals surface area (Å²) in [5, 5.41) is 5.12. The summed E-state index contributed by atoms with van der Waals surface area (Å²) < 4.78 is 5.25. The molecule has 1 aromatic carbocycles. The van der Waals surface area contributed by atoms with Crippen molar-refractivity contribution in [2.45, 2.75) is 45.2 Å². The molecule has 3 atom stereocenters. The number of benzene rings is 1. The Balaban J connectivity index is 1.84. The first-order valence-electron chi connectivity index (χ1n) is 9.82. The number of amides is 2. The van der Waals surface area contributed by atoms with E-state index in [1.54, 1.807) is 18.4 Å². The molecule has 0 saturated carbocycles. The van der Waals surface area contributed by atoms with Crippen molar-refractivity contribution >= 4 is 23.2 Å². The highest BCUT2D eigenvalue weighted by Gasteiger charge is 2.44. The van der Waals surface area contributed by atoms with Crippen LogP contribution in [0.5, 0.6) is 5.75 Å². The number of nitrogens with one attached hydrogen (secondary N) is 1. The quantitative estimate of drug-likeness (QED) is 0.718. The van der Waals surface area contributed by atoms with E-state index in [9.17, 15) is 9.59 Å². The molecule has 0 bridgehead atoms. The first-order valence-corrected chi connectivity index (χ1v) is 10.7. The number of ether oxygens (including phenoxy) is 1. The van der Waals surface area contributed by atoms with Crippen LogP contribution >= 0.6 is 11.3 Å². The third-order valence-corrected chi connectivity index (χ3v) is 6.36. The molecule has 6 heteroatoms. The zero-order valence-electron chi connectivity index (χ0n) is 16.7. The highest BCUT2D eigenvalue weighted by Crippen LogP contribution is 2.39. The van der Waals surface area contributed by atoms with Crippen molar-refractivity contribution in [1.29, 1.82) is 0 Å². The first-order chi connectivity index (χ1) is 13.5. The van der Waals surface area contributed by atoms with Crippen LogP contribution in [0, 0.1) is 5.92 Å². The van der Waals surface area contributed by atoms with E-state index in [0.29, 0.717) is 6.54 Å². The summed E-state index contributed by atoms with van der Waals surface area (Å²) in [5.74, 6) is 0.368. The number of hydrogen-bond donors (Lipinski definition) is 1. The maximum atomic E-state index is 13.1. The van der Waals surface area contributed by atoms with Gasteiger partial charge in [0.2, 0.25) is 11.8 Å². The van der Waals surface area contributed by atoms with Crippen LogP contribution in [0.1, 0.15) is 55.6 Å². The standard InChI is InChI=1S/C22H28N2O3S/c1-4-5-12-24-20(25)14-18(21(24)16-8-10-17(27-3)11-9-16)22(26)23-15(2)19-7-6-13-28-19/h6-11,13,15,18,21H,4-5,12,14H2,1-3H3,(H,23,26)/t15-,18-,21+/m0/s1. The molecular weight excluding hydrogens is 372 g/mol. The number of carbonyl (C=O) groups is 2. The molecule has 0 spiro atoms. The summed E-state index contributed by atoms with van der Waals surface area (Å²) in [4.78, 5) is 28.8. The molecule has 1 fully saturated rings. The summed E-state index contributed by atoms with van der Waals surface area (Å²) in [7, 11) is 1.63. The van der Waals surface area contributed by atoms with Gasteiger partial charge >= 0.3 is 0 Å². The van der Waals surface area contributed by atoms with Crippen LogP contribution in [-0.2, 0) is 9.59 Å². The molecule has 1 aliphatic heterocycles. The summed E-state index contributed by atoms with van der Waals surface area (Å²) >= 11 is 1.62. The fourth-order valence-electron chi connectivity index (χ4n) is 3.76. The zero-order chi connectivity index (χ0) is 20.1. The Morgan fingerprint density at radius 1 is 1.32 bits per heavy atom. The molecule has 3 rings (SSSR count). The second-order valence-corrected chi connectivity index (χ2v) is 8.19. The normalized spacial score (nSPS) is 20.2. The number of rotatable bonds is 8. The van der Waals surface area contributed by atoms with Gasteiger partial charge in [-0.1, -0.05) is 31.5 Å². The molecule has 5 nitrogen and oxygen atoms in total. The molecule has 1 aromatic heterocycles. The van der Waals surface area contributed by atoms with Crippen LogP contribution in [-0.4, -0.2) is 30.4 Å². The summed E-state index contributed by atoms with van der Waals surface area (Å²) in [6.45, 7) is 4.77. The molecule has 1 aliphatic rings. The van der Waals surface area contributed by atoms with Gasteiger partial charge in [-0.15, -0.1) is 11.3 Å². The number of likely N-dealkylation sites (tertiary alicyclic amines) is 1. The van der Waals surface area contributed by atoms with Gasteiger partial charge in [0.05, 0.1) is 25.1 Å². The van der Waals surface area contributed by atoms with E-state index in [0.717, 1.165) is 29.0 Å². The predicted molar refractivity (Wildman–Crippen MR) is 111 cm³/mol. The monoisotopic (exact) mass is 400 g/mol. The van der Waals surface area contributed by atoms with E-state index >= 15 is 0 Å². The minimum absolute atomic E-state index is 0.0539. The number of unbranched alkanes of at least 4 members (excludes halogenated alkanes) is 1. The molecule has 1 saturated heterocycles. The minimum Gasteiger partial charge on any atom is -0.497 e. The summed E-state index contributed by atoms with van der Waals surface area (Å²) in [6.07, 6.45) is 2.19. The van der Waals surface area contributed by atoms with Crippen molar-refractivity contribution in [3.05, 3.63) is 52.2 Å². The van der Waals surface area contributed by atoms with Gasteiger partial charge < -0.3 is 15.0 Å². The van der Waals surface area contributed by atoms with E-state index in [4.69, 9.17) is 4.74 Å². The van der Waals surface area contributed by atoms with Crippen molar-refractivity contribution in [2.24, 2.45) is 5.92 Å². The van der Waals surface area contributed by atoms with E-state index < -0.39 is 0 Å². The minimum atomic E-state index is -0.389. The van der Waals surface area contributed by atoms with Crippen molar-refractivity contribution in [2.75, 3.05) is 13.7 Å². The lowest BCUT2D eigenvalue weighted by Crippen LogP contribution is -2.37. The molecule has 0 unspecified atom stereocenters. The van der Waals surface area contributed by atoms with Crippen LogP contribution in [0.4, 0.5) is 0 Å². The maximum absolute atomic E-state index is 13.1. The number of carbonyl (C=O) groups excluding carboxylic acids is 2. The average Bonchev–Trinajstić information content (AvgIpc) is 3.35. The van der Waals surface area contributed by atoms with Gasteiger partial charge in [-0.25, -0.2) is 0 Å². The molecule has 0 radical (unpaired) electrons. The number of methoxy groups -OCH3 is 1. The second kappa shape index (κ2) is 9.24. The van der Waals surface area contributed by atoms with Gasteiger partial charge in [0.25, 0.3) is 0 Å². The van der Waals surface area contributed by atoms with Crippen LogP contribution in [0.3, 0.4) is 0 Å². The smallest absolute Gasteiger partial charge is 0.226 e. The lowest BCUT2D eigenvalue weighted by molar-refractivity contribution is -0.129. The Hall–Kier alpha value is -2.34. The molecule has 1 N–H and O–H groups in total. The first kappa shape index (κ1) is 20.4. The Labute approximate surface area is 170 Å². The highest BCUT2D eigenvalue weighted by atomic mass is 32.1. The maximum Gasteiger partial charge on any atom is 0.226 e. The van der Waals surface area contributed by atoms with Gasteiger partial charge in [-0.05, 0) is 42.5 Å². The molecule has 2 amide bonds. The summed E-state index contributed by atoms with van der Waals surface area (Å²) in [6, 6.07) is 11.4. The molecular formula is C22H28N2O3S. The SMILES string of the molecule is CCCCN1C(=O)C[C@H](C(=O)N[C@@H](C)c2cccs2)[C@H]1c1ccc(OC)cc1. The Morgan fingerprint density at radius 3 is 2.68 bits per heavy atom. The van der Waals surface area contributed by atoms with Crippen molar-refractivity contribution in [3.8, 4) is 5.75 Å². The third-order valence-electron chi connectivity index (χ3n) is 5.31. The number of hydrogen-bond acceptors (Lipinski definition) is 4. The molecule has 150 valence electrons. The van der Waals surface area contributed by atoms with Crippen LogP contribution in [0.2, 0.25) is 0 Å². The Kier molecular flexibility index (Phi) is 6.73. The van der Waals surface area contributed by atoms with E-state index in [1.807, 2.05) is 53.6 Å². The third kappa shape index (κ3) is 4.38. The number of nitrogens with zero attached hydrogens (tertiary/aromatic N) is 1. The van der Waals surface area contributed by atoms with Gasteiger partial charge in [-0.3, -0.25) is 9.59 Å². The number of thiophene rings is 1. The van der Waals surface area contributed by atoms with Crippen molar-refractivity contribution < 1.29 is 14.3 Å². The molecule has 2 heterocycles.